The fourth-order valence-corrected chi connectivity index (χ4v) is 5.53. The van der Waals surface area contributed by atoms with E-state index in [0.717, 1.165) is 26.5 Å². The molecule has 2 aromatic heterocycles. The maximum Gasteiger partial charge on any atom is 0.239 e. The Labute approximate surface area is 201 Å². The Bertz CT molecular complexity index is 1260. The van der Waals surface area contributed by atoms with Crippen molar-refractivity contribution < 1.29 is 9.18 Å². The summed E-state index contributed by atoms with van der Waals surface area (Å²) >= 11 is 2.94. The van der Waals surface area contributed by atoms with Crippen LogP contribution in [-0.4, -0.2) is 33.0 Å². The quantitative estimate of drug-likeness (QED) is 0.281. The molecule has 0 aliphatic carbocycles. The van der Waals surface area contributed by atoms with Crippen molar-refractivity contribution in [3.8, 4) is 0 Å². The molecule has 4 aromatic rings. The summed E-state index contributed by atoms with van der Waals surface area (Å²) in [6, 6.07) is 14.4. The van der Waals surface area contributed by atoms with Crippen LogP contribution < -0.4 is 4.90 Å². The van der Waals surface area contributed by atoms with Gasteiger partial charge in [-0.05, 0) is 61.7 Å². The number of fused-ring (bicyclic) bond motifs is 1. The fourth-order valence-electron chi connectivity index (χ4n) is 3.72. The van der Waals surface area contributed by atoms with Crippen molar-refractivity contribution in [2.75, 3.05) is 17.2 Å². The van der Waals surface area contributed by atoms with Crippen molar-refractivity contribution in [2.45, 2.75) is 45.1 Å². The van der Waals surface area contributed by atoms with E-state index < -0.39 is 0 Å². The first-order valence-electron chi connectivity index (χ1n) is 10.9. The monoisotopic (exact) mass is 482 g/mol. The van der Waals surface area contributed by atoms with E-state index in [2.05, 4.69) is 31.1 Å². The van der Waals surface area contributed by atoms with Crippen molar-refractivity contribution in [2.24, 2.45) is 0 Å². The van der Waals surface area contributed by atoms with Crippen LogP contribution in [0, 0.1) is 19.7 Å². The lowest BCUT2D eigenvalue weighted by molar-refractivity contribution is -0.116. The molecule has 0 bridgehead atoms. The molecule has 0 aliphatic heterocycles. The number of rotatable bonds is 8. The highest BCUT2D eigenvalue weighted by atomic mass is 32.2. The minimum atomic E-state index is -0.285. The highest BCUT2D eigenvalue weighted by molar-refractivity contribution is 8.00. The van der Waals surface area contributed by atoms with Crippen LogP contribution in [0.5, 0.6) is 0 Å². The van der Waals surface area contributed by atoms with E-state index in [1.807, 2.05) is 30.7 Å². The molecule has 0 saturated heterocycles. The van der Waals surface area contributed by atoms with Crippen molar-refractivity contribution >= 4 is 44.4 Å². The lowest BCUT2D eigenvalue weighted by atomic mass is 10.0. The number of aryl methyl sites for hydroxylation is 2. The van der Waals surface area contributed by atoms with Crippen LogP contribution in [0.25, 0.3) is 10.2 Å². The van der Waals surface area contributed by atoms with Crippen LogP contribution in [-0.2, 0) is 11.3 Å². The molecule has 2 aromatic carbocycles. The van der Waals surface area contributed by atoms with E-state index in [9.17, 15) is 9.18 Å². The van der Waals surface area contributed by atoms with E-state index in [1.54, 1.807) is 17.0 Å². The van der Waals surface area contributed by atoms with Gasteiger partial charge in [-0.25, -0.2) is 9.37 Å². The molecule has 2 heterocycles. The summed E-state index contributed by atoms with van der Waals surface area (Å²) in [5, 5.41) is 5.24. The van der Waals surface area contributed by atoms with Crippen molar-refractivity contribution in [3.05, 3.63) is 71.3 Å². The minimum absolute atomic E-state index is 0.0315. The van der Waals surface area contributed by atoms with Crippen molar-refractivity contribution in [1.82, 2.24) is 14.8 Å². The Kier molecular flexibility index (Phi) is 7.14. The van der Waals surface area contributed by atoms with Gasteiger partial charge in [-0.2, -0.15) is 5.10 Å². The summed E-state index contributed by atoms with van der Waals surface area (Å²) in [5.41, 5.74) is 4.16. The Morgan fingerprint density at radius 2 is 1.94 bits per heavy atom. The molecule has 0 atom stereocenters. The number of amides is 1. The average molecular weight is 483 g/mol. The molecule has 0 fully saturated rings. The molecule has 5 nitrogen and oxygen atoms in total. The third kappa shape index (κ3) is 5.45. The third-order valence-corrected chi connectivity index (χ3v) is 7.45. The number of benzene rings is 2. The number of anilines is 1. The van der Waals surface area contributed by atoms with E-state index in [4.69, 9.17) is 4.98 Å². The van der Waals surface area contributed by atoms with Gasteiger partial charge in [0.25, 0.3) is 0 Å². The summed E-state index contributed by atoms with van der Waals surface area (Å²) in [7, 11) is 0. The van der Waals surface area contributed by atoms with Crippen LogP contribution in [0.3, 0.4) is 0 Å². The van der Waals surface area contributed by atoms with Crippen LogP contribution in [0.1, 0.15) is 36.7 Å². The summed E-state index contributed by atoms with van der Waals surface area (Å²) in [5.74, 6) is 0.274. The van der Waals surface area contributed by atoms with Gasteiger partial charge < -0.3 is 0 Å². The smallest absolute Gasteiger partial charge is 0.239 e. The number of thioether (sulfide) groups is 1. The number of aromatic nitrogens is 3. The second-order valence-corrected chi connectivity index (χ2v) is 10.3. The molecule has 0 unspecified atom stereocenters. The predicted octanol–water partition coefficient (Wildman–Crippen LogP) is 6.20. The number of nitrogens with zero attached hydrogens (tertiary/aromatic N) is 4. The Morgan fingerprint density at radius 1 is 1.18 bits per heavy atom. The van der Waals surface area contributed by atoms with Crippen LogP contribution in [0.2, 0.25) is 0 Å². The maximum atomic E-state index is 13.4. The van der Waals surface area contributed by atoms with Gasteiger partial charge in [0.1, 0.15) is 5.82 Å². The summed E-state index contributed by atoms with van der Waals surface area (Å²) in [6.07, 6.45) is 0. The fraction of sp³-hybridized carbons (Fsp3) is 0.320. The van der Waals surface area contributed by atoms with Gasteiger partial charge in [0.05, 0.1) is 28.2 Å². The van der Waals surface area contributed by atoms with Crippen LogP contribution in [0.15, 0.2) is 53.4 Å². The molecule has 0 N–H and O–H groups in total. The standard InChI is InChI=1S/C25H27FN4OS2/c1-16(2)21-6-5-7-22-24(21)27-25(33-22)29(12-13-30-18(4)14-17(3)28-30)23(31)15-32-20-10-8-19(26)9-11-20/h5-11,14,16H,12-13,15H2,1-4H3. The van der Waals surface area contributed by atoms with E-state index in [0.29, 0.717) is 24.1 Å². The molecule has 0 spiro atoms. The number of thiazole rings is 1. The Hall–Kier alpha value is -2.71. The maximum absolute atomic E-state index is 13.4. The van der Waals surface area contributed by atoms with Gasteiger partial charge in [-0.3, -0.25) is 14.4 Å². The van der Waals surface area contributed by atoms with Gasteiger partial charge in [-0.15, -0.1) is 11.8 Å². The van der Waals surface area contributed by atoms with E-state index in [-0.39, 0.29) is 17.5 Å². The molecular formula is C25H27FN4OS2. The van der Waals surface area contributed by atoms with E-state index >= 15 is 0 Å². The Balaban J connectivity index is 1.60. The first-order chi connectivity index (χ1) is 15.8. The SMILES string of the molecule is Cc1cc(C)n(CCN(C(=O)CSc2ccc(F)cc2)c2nc3c(C(C)C)cccc3s2)n1. The second-order valence-electron chi connectivity index (χ2n) is 8.28. The number of para-hydroxylation sites is 1. The Morgan fingerprint density at radius 3 is 2.61 bits per heavy atom. The molecule has 0 radical (unpaired) electrons. The topological polar surface area (TPSA) is 51.0 Å². The highest BCUT2D eigenvalue weighted by Gasteiger charge is 2.22. The molecule has 33 heavy (non-hydrogen) atoms. The lowest BCUT2D eigenvalue weighted by Crippen LogP contribution is -2.35. The summed E-state index contributed by atoms with van der Waals surface area (Å²) in [6.45, 7) is 9.34. The van der Waals surface area contributed by atoms with Gasteiger partial charge in [0.15, 0.2) is 5.13 Å². The van der Waals surface area contributed by atoms with Crippen molar-refractivity contribution in [1.29, 1.82) is 0 Å². The number of carbonyl (C=O) groups excluding carboxylic acids is 1. The first-order valence-corrected chi connectivity index (χ1v) is 12.7. The molecule has 172 valence electrons. The molecule has 4 rings (SSSR count). The molecule has 8 heteroatoms. The highest BCUT2D eigenvalue weighted by Crippen LogP contribution is 2.34. The van der Waals surface area contributed by atoms with Crippen molar-refractivity contribution in [3.63, 3.8) is 0 Å². The zero-order chi connectivity index (χ0) is 23.5. The van der Waals surface area contributed by atoms with Crippen LogP contribution >= 0.6 is 23.1 Å². The number of halogens is 1. The van der Waals surface area contributed by atoms with Gasteiger partial charge in [0.2, 0.25) is 5.91 Å². The number of hydrogen-bond acceptors (Lipinski definition) is 5. The van der Waals surface area contributed by atoms with Gasteiger partial charge in [-0.1, -0.05) is 37.3 Å². The molecule has 0 aliphatic rings. The normalized spacial score (nSPS) is 11.5. The first kappa shape index (κ1) is 23.4. The third-order valence-electron chi connectivity index (χ3n) is 5.41. The largest absolute Gasteiger partial charge is 0.285 e. The number of hydrogen-bond donors (Lipinski definition) is 0. The second kappa shape index (κ2) is 10.1. The summed E-state index contributed by atoms with van der Waals surface area (Å²) < 4.78 is 16.2. The number of carbonyl (C=O) groups is 1. The van der Waals surface area contributed by atoms with Crippen LogP contribution in [0.4, 0.5) is 9.52 Å². The molecule has 0 saturated carbocycles. The van der Waals surface area contributed by atoms with Gasteiger partial charge in [0, 0.05) is 17.1 Å². The summed E-state index contributed by atoms with van der Waals surface area (Å²) in [4.78, 5) is 20.9. The van der Waals surface area contributed by atoms with Gasteiger partial charge >= 0.3 is 0 Å². The minimum Gasteiger partial charge on any atom is -0.285 e. The van der Waals surface area contributed by atoms with E-state index in [1.165, 1.54) is 40.8 Å². The average Bonchev–Trinajstić information content (AvgIpc) is 3.35. The molecular weight excluding hydrogens is 455 g/mol. The zero-order valence-electron chi connectivity index (χ0n) is 19.2. The predicted molar refractivity (Wildman–Crippen MR) is 135 cm³/mol. The lowest BCUT2D eigenvalue weighted by Gasteiger charge is -2.20. The molecule has 1 amide bonds. The zero-order valence-corrected chi connectivity index (χ0v) is 20.8.